The molecule has 1 aromatic carbocycles. The highest BCUT2D eigenvalue weighted by Gasteiger charge is 2.23. The fourth-order valence-electron chi connectivity index (χ4n) is 2.61. The van der Waals surface area contributed by atoms with Crippen molar-refractivity contribution in [2.24, 2.45) is 7.05 Å². The molecule has 0 unspecified atom stereocenters. The second-order valence-electron chi connectivity index (χ2n) is 6.37. The fraction of sp³-hybridized carbons (Fsp3) is 0.333. The number of hydrogen-bond donors (Lipinski definition) is 0. The standard InChI is InChI=1S/C18H21FN6O/c1-13(2)25(12-17-20-8-9-23(17)3)18(26)16-11-24(22-21-16)10-14-6-4-5-7-15(14)19/h4-9,11,13H,10,12H2,1-3H3. The lowest BCUT2D eigenvalue weighted by Gasteiger charge is -2.25. The molecule has 0 aliphatic carbocycles. The Kier molecular flexibility index (Phi) is 5.11. The molecular formula is C18H21FN6O. The summed E-state index contributed by atoms with van der Waals surface area (Å²) in [7, 11) is 1.88. The third-order valence-corrected chi connectivity index (χ3v) is 4.16. The first-order chi connectivity index (χ1) is 12.5. The van der Waals surface area contributed by atoms with Gasteiger partial charge in [0.05, 0.1) is 19.3 Å². The molecule has 3 aromatic rings. The number of carbonyl (C=O) groups excluding carboxylic acids is 1. The summed E-state index contributed by atoms with van der Waals surface area (Å²) >= 11 is 0. The van der Waals surface area contributed by atoms with Gasteiger partial charge in [-0.05, 0) is 19.9 Å². The first kappa shape index (κ1) is 17.8. The minimum absolute atomic E-state index is 0.0316. The van der Waals surface area contributed by atoms with Crippen LogP contribution in [0.3, 0.4) is 0 Å². The normalized spacial score (nSPS) is 11.1. The fourth-order valence-corrected chi connectivity index (χ4v) is 2.61. The predicted octanol–water partition coefficient (Wildman–Crippen LogP) is 2.25. The molecule has 3 rings (SSSR count). The van der Waals surface area contributed by atoms with Crippen molar-refractivity contribution in [3.63, 3.8) is 0 Å². The van der Waals surface area contributed by atoms with Crippen LogP contribution in [0.15, 0.2) is 42.9 Å². The maximum Gasteiger partial charge on any atom is 0.276 e. The SMILES string of the molecule is CC(C)N(Cc1nccn1C)C(=O)c1cn(Cc2ccccc2F)nn1. The second kappa shape index (κ2) is 7.47. The van der Waals surface area contributed by atoms with Crippen LogP contribution in [0.1, 0.15) is 35.7 Å². The number of nitrogens with zero attached hydrogens (tertiary/aromatic N) is 6. The molecule has 0 radical (unpaired) electrons. The summed E-state index contributed by atoms with van der Waals surface area (Å²) in [5, 5.41) is 7.93. The van der Waals surface area contributed by atoms with E-state index >= 15 is 0 Å². The van der Waals surface area contributed by atoms with Gasteiger partial charge in [-0.2, -0.15) is 0 Å². The smallest absolute Gasteiger partial charge is 0.276 e. The van der Waals surface area contributed by atoms with Gasteiger partial charge in [0, 0.05) is 31.0 Å². The van der Waals surface area contributed by atoms with Gasteiger partial charge in [-0.1, -0.05) is 23.4 Å². The topological polar surface area (TPSA) is 68.8 Å². The Morgan fingerprint density at radius 1 is 1.31 bits per heavy atom. The van der Waals surface area contributed by atoms with Gasteiger partial charge in [0.15, 0.2) is 5.69 Å². The Morgan fingerprint density at radius 2 is 2.08 bits per heavy atom. The van der Waals surface area contributed by atoms with Gasteiger partial charge in [0.25, 0.3) is 5.91 Å². The number of hydrogen-bond acceptors (Lipinski definition) is 4. The van der Waals surface area contributed by atoms with Crippen LogP contribution in [0.5, 0.6) is 0 Å². The van der Waals surface area contributed by atoms with E-state index in [-0.39, 0.29) is 30.0 Å². The highest BCUT2D eigenvalue weighted by Crippen LogP contribution is 2.12. The summed E-state index contributed by atoms with van der Waals surface area (Å²) < 4.78 is 17.1. The Labute approximate surface area is 151 Å². The van der Waals surface area contributed by atoms with Gasteiger partial charge in [0.1, 0.15) is 11.6 Å². The van der Waals surface area contributed by atoms with E-state index in [1.54, 1.807) is 35.5 Å². The molecule has 7 nitrogen and oxygen atoms in total. The van der Waals surface area contributed by atoms with Crippen molar-refractivity contribution in [3.05, 3.63) is 65.8 Å². The highest BCUT2D eigenvalue weighted by molar-refractivity contribution is 5.92. The molecule has 0 saturated heterocycles. The van der Waals surface area contributed by atoms with Crippen molar-refractivity contribution < 1.29 is 9.18 Å². The number of aryl methyl sites for hydroxylation is 1. The van der Waals surface area contributed by atoms with Gasteiger partial charge in [-0.25, -0.2) is 14.1 Å². The lowest BCUT2D eigenvalue weighted by molar-refractivity contribution is 0.0677. The largest absolute Gasteiger partial charge is 0.337 e. The van der Waals surface area contributed by atoms with Gasteiger partial charge in [-0.15, -0.1) is 5.10 Å². The summed E-state index contributed by atoms with van der Waals surface area (Å²) in [6.45, 7) is 4.46. The Bertz CT molecular complexity index is 900. The lowest BCUT2D eigenvalue weighted by Crippen LogP contribution is -2.37. The molecule has 0 spiro atoms. The monoisotopic (exact) mass is 356 g/mol. The highest BCUT2D eigenvalue weighted by atomic mass is 19.1. The van der Waals surface area contributed by atoms with E-state index in [0.29, 0.717) is 12.1 Å². The quantitative estimate of drug-likeness (QED) is 0.679. The lowest BCUT2D eigenvalue weighted by atomic mass is 10.2. The molecule has 0 bridgehead atoms. The minimum atomic E-state index is -0.311. The van der Waals surface area contributed by atoms with Crippen molar-refractivity contribution in [1.29, 1.82) is 0 Å². The first-order valence-corrected chi connectivity index (χ1v) is 8.36. The number of rotatable bonds is 6. The number of aromatic nitrogens is 5. The van der Waals surface area contributed by atoms with Crippen molar-refractivity contribution >= 4 is 5.91 Å². The molecule has 8 heteroatoms. The third kappa shape index (κ3) is 3.79. The van der Waals surface area contributed by atoms with Crippen molar-refractivity contribution in [2.45, 2.75) is 33.0 Å². The van der Waals surface area contributed by atoms with Crippen LogP contribution in [0, 0.1) is 5.82 Å². The second-order valence-corrected chi connectivity index (χ2v) is 6.37. The van der Waals surface area contributed by atoms with Crippen molar-refractivity contribution in [3.8, 4) is 0 Å². The van der Waals surface area contributed by atoms with E-state index in [4.69, 9.17) is 0 Å². The zero-order chi connectivity index (χ0) is 18.7. The molecule has 136 valence electrons. The Balaban J connectivity index is 1.77. The van der Waals surface area contributed by atoms with E-state index in [1.807, 2.05) is 31.7 Å². The molecular weight excluding hydrogens is 335 g/mol. The molecule has 0 saturated carbocycles. The van der Waals surface area contributed by atoms with E-state index in [1.165, 1.54) is 10.7 Å². The average Bonchev–Trinajstić information content (AvgIpc) is 3.23. The molecule has 0 N–H and O–H groups in total. The van der Waals surface area contributed by atoms with Gasteiger partial charge in [0.2, 0.25) is 0 Å². The van der Waals surface area contributed by atoms with Gasteiger partial charge in [-0.3, -0.25) is 4.79 Å². The Hall–Kier alpha value is -3.03. The summed E-state index contributed by atoms with van der Waals surface area (Å²) in [6, 6.07) is 6.43. The average molecular weight is 356 g/mol. The van der Waals surface area contributed by atoms with Gasteiger partial charge >= 0.3 is 0 Å². The third-order valence-electron chi connectivity index (χ3n) is 4.16. The van der Waals surface area contributed by atoms with Crippen LogP contribution in [0.25, 0.3) is 0 Å². The molecule has 26 heavy (non-hydrogen) atoms. The van der Waals surface area contributed by atoms with E-state index in [0.717, 1.165) is 5.82 Å². The molecule has 0 atom stereocenters. The first-order valence-electron chi connectivity index (χ1n) is 8.36. The number of amides is 1. The van der Waals surface area contributed by atoms with E-state index in [9.17, 15) is 9.18 Å². The number of imidazole rings is 1. The predicted molar refractivity (Wildman–Crippen MR) is 93.7 cm³/mol. The number of carbonyl (C=O) groups is 1. The molecule has 0 aliphatic heterocycles. The Morgan fingerprint density at radius 3 is 2.73 bits per heavy atom. The van der Waals surface area contributed by atoms with Crippen LogP contribution in [-0.4, -0.2) is 41.4 Å². The van der Waals surface area contributed by atoms with Crippen molar-refractivity contribution in [2.75, 3.05) is 0 Å². The summed E-state index contributed by atoms with van der Waals surface area (Å²) in [5.74, 6) is 0.239. The molecule has 2 heterocycles. The maximum atomic E-state index is 13.8. The molecule has 0 aliphatic rings. The summed E-state index contributed by atoms with van der Waals surface area (Å²) in [5.41, 5.74) is 0.717. The molecule has 0 fully saturated rings. The van der Waals surface area contributed by atoms with Crippen LogP contribution in [0.2, 0.25) is 0 Å². The van der Waals surface area contributed by atoms with Crippen LogP contribution in [0.4, 0.5) is 4.39 Å². The summed E-state index contributed by atoms with van der Waals surface area (Å²) in [6.07, 6.45) is 5.08. The zero-order valence-electron chi connectivity index (χ0n) is 15.0. The number of halogens is 1. The van der Waals surface area contributed by atoms with Crippen molar-refractivity contribution in [1.82, 2.24) is 29.4 Å². The summed E-state index contributed by atoms with van der Waals surface area (Å²) in [4.78, 5) is 18.8. The number of benzene rings is 1. The van der Waals surface area contributed by atoms with Crippen LogP contribution in [-0.2, 0) is 20.1 Å². The van der Waals surface area contributed by atoms with Crippen LogP contribution >= 0.6 is 0 Å². The van der Waals surface area contributed by atoms with Gasteiger partial charge < -0.3 is 9.47 Å². The van der Waals surface area contributed by atoms with E-state index < -0.39 is 0 Å². The minimum Gasteiger partial charge on any atom is -0.337 e. The molecule has 1 amide bonds. The van der Waals surface area contributed by atoms with Crippen LogP contribution < -0.4 is 0 Å². The zero-order valence-corrected chi connectivity index (χ0v) is 15.0. The molecule has 2 aromatic heterocycles. The maximum absolute atomic E-state index is 13.8. The van der Waals surface area contributed by atoms with E-state index in [2.05, 4.69) is 15.3 Å².